The molecular weight excluding hydrogens is 407 g/mol. The molecule has 0 aliphatic heterocycles. The summed E-state index contributed by atoms with van der Waals surface area (Å²) in [5.74, 6) is 0.613. The highest BCUT2D eigenvalue weighted by Gasteiger charge is 2.36. The number of fused-ring (bicyclic) bond motifs is 1. The topological polar surface area (TPSA) is 49.0 Å². The second-order valence-electron chi connectivity index (χ2n) is 7.24. The van der Waals surface area contributed by atoms with Crippen LogP contribution in [-0.4, -0.2) is 21.0 Å². The van der Waals surface area contributed by atoms with Gasteiger partial charge < -0.3 is 4.74 Å². The van der Waals surface area contributed by atoms with Crippen molar-refractivity contribution in [3.8, 4) is 11.4 Å². The lowest BCUT2D eigenvalue weighted by molar-refractivity contribution is -0.136. The van der Waals surface area contributed by atoms with Crippen molar-refractivity contribution in [2.24, 2.45) is 0 Å². The van der Waals surface area contributed by atoms with Gasteiger partial charge in [-0.3, -0.25) is 9.36 Å². The van der Waals surface area contributed by atoms with Gasteiger partial charge in [0.2, 0.25) is 0 Å². The highest BCUT2D eigenvalue weighted by Crippen LogP contribution is 2.36. The number of rotatable bonds is 5. The van der Waals surface area contributed by atoms with Crippen LogP contribution in [0, 0.1) is 13.8 Å². The summed E-state index contributed by atoms with van der Waals surface area (Å²) in [7, 11) is 0. The highest BCUT2D eigenvalue weighted by molar-refractivity contribution is 5.84. The maximum Gasteiger partial charge on any atom is 0.417 e. The molecule has 2 aromatic carbocycles. The Morgan fingerprint density at radius 2 is 1.68 bits per heavy atom. The van der Waals surface area contributed by atoms with E-state index in [-0.39, 0.29) is 29.9 Å². The van der Waals surface area contributed by atoms with Crippen LogP contribution in [0.4, 0.5) is 13.2 Å². The van der Waals surface area contributed by atoms with E-state index in [2.05, 4.69) is 5.10 Å². The Labute approximate surface area is 176 Å². The van der Waals surface area contributed by atoms with Crippen molar-refractivity contribution in [2.75, 3.05) is 6.61 Å². The Hall–Kier alpha value is -3.55. The van der Waals surface area contributed by atoms with Gasteiger partial charge in [0, 0.05) is 6.07 Å². The molecule has 0 aliphatic carbocycles. The van der Waals surface area contributed by atoms with E-state index in [0.717, 1.165) is 5.56 Å². The number of nitrogens with zero attached hydrogens (tertiary/aromatic N) is 3. The number of halogens is 3. The third kappa shape index (κ3) is 4.05. The number of alkyl halides is 3. The first-order chi connectivity index (χ1) is 14.8. The van der Waals surface area contributed by atoms with Crippen LogP contribution in [0.3, 0.4) is 0 Å². The molecule has 0 amide bonds. The molecule has 0 unspecified atom stereocenters. The minimum absolute atomic E-state index is 0.0688. The minimum Gasteiger partial charge on any atom is -0.492 e. The Kier molecular flexibility index (Phi) is 5.31. The maximum absolute atomic E-state index is 13.7. The van der Waals surface area contributed by atoms with Gasteiger partial charge in [0.25, 0.3) is 5.56 Å². The predicted octanol–water partition coefficient (Wildman–Crippen LogP) is 4.90. The SMILES string of the molecule is Cc1ccc(-n2nc(C)c3c(C(F)(F)F)cc(=O)n(CCOc4ccccc4)c32)cc1. The molecule has 0 saturated heterocycles. The number of ether oxygens (including phenoxy) is 1. The number of hydrogen-bond donors (Lipinski definition) is 0. The molecule has 0 fully saturated rings. The zero-order valence-corrected chi connectivity index (χ0v) is 17.0. The monoisotopic (exact) mass is 427 g/mol. The second-order valence-corrected chi connectivity index (χ2v) is 7.24. The summed E-state index contributed by atoms with van der Waals surface area (Å²) in [6.07, 6.45) is -4.68. The molecule has 8 heteroatoms. The van der Waals surface area contributed by atoms with E-state index in [1.807, 2.05) is 37.3 Å². The molecule has 4 rings (SSSR count). The van der Waals surface area contributed by atoms with Crippen molar-refractivity contribution in [2.45, 2.75) is 26.6 Å². The van der Waals surface area contributed by atoms with Gasteiger partial charge in [0.05, 0.1) is 28.9 Å². The smallest absolute Gasteiger partial charge is 0.417 e. The Bertz CT molecular complexity index is 1270. The maximum atomic E-state index is 13.7. The van der Waals surface area contributed by atoms with E-state index < -0.39 is 17.3 Å². The van der Waals surface area contributed by atoms with Gasteiger partial charge in [-0.2, -0.15) is 18.3 Å². The van der Waals surface area contributed by atoms with E-state index >= 15 is 0 Å². The first-order valence-electron chi connectivity index (χ1n) is 9.71. The van der Waals surface area contributed by atoms with E-state index in [0.29, 0.717) is 17.5 Å². The molecule has 0 saturated carbocycles. The molecule has 0 spiro atoms. The summed E-state index contributed by atoms with van der Waals surface area (Å²) in [4.78, 5) is 12.8. The van der Waals surface area contributed by atoms with E-state index in [4.69, 9.17) is 4.74 Å². The first kappa shape index (κ1) is 20.7. The fourth-order valence-electron chi connectivity index (χ4n) is 3.53. The number of hydrogen-bond acceptors (Lipinski definition) is 3. The van der Waals surface area contributed by atoms with Gasteiger partial charge in [-0.05, 0) is 38.1 Å². The second kappa shape index (κ2) is 7.94. The van der Waals surface area contributed by atoms with Crippen molar-refractivity contribution >= 4 is 11.0 Å². The zero-order chi connectivity index (χ0) is 22.2. The molecule has 160 valence electrons. The van der Waals surface area contributed by atoms with Gasteiger partial charge >= 0.3 is 6.18 Å². The fourth-order valence-corrected chi connectivity index (χ4v) is 3.53. The summed E-state index contributed by atoms with van der Waals surface area (Å²) in [5, 5.41) is 4.26. The van der Waals surface area contributed by atoms with Crippen LogP contribution in [0.5, 0.6) is 5.75 Å². The quantitative estimate of drug-likeness (QED) is 0.455. The van der Waals surface area contributed by atoms with Crippen LogP contribution in [0.2, 0.25) is 0 Å². The van der Waals surface area contributed by atoms with E-state index in [9.17, 15) is 18.0 Å². The van der Waals surface area contributed by atoms with Gasteiger partial charge in [-0.15, -0.1) is 0 Å². The molecule has 2 heterocycles. The lowest BCUT2D eigenvalue weighted by Crippen LogP contribution is -2.26. The Morgan fingerprint density at radius 3 is 2.32 bits per heavy atom. The van der Waals surface area contributed by atoms with Crippen LogP contribution in [0.15, 0.2) is 65.5 Å². The van der Waals surface area contributed by atoms with Gasteiger partial charge in [0.1, 0.15) is 18.0 Å². The first-order valence-corrected chi connectivity index (χ1v) is 9.71. The van der Waals surface area contributed by atoms with E-state index in [1.165, 1.54) is 16.2 Å². The molecule has 0 radical (unpaired) electrons. The highest BCUT2D eigenvalue weighted by atomic mass is 19.4. The normalized spacial score (nSPS) is 11.8. The van der Waals surface area contributed by atoms with Crippen LogP contribution in [0.25, 0.3) is 16.7 Å². The summed E-state index contributed by atoms with van der Waals surface area (Å²) in [5.41, 5.74) is 0.119. The van der Waals surface area contributed by atoms with E-state index in [1.54, 1.807) is 24.3 Å². The largest absolute Gasteiger partial charge is 0.492 e. The average Bonchev–Trinajstić information content (AvgIpc) is 3.07. The van der Waals surface area contributed by atoms with Crippen LogP contribution in [-0.2, 0) is 12.7 Å². The fraction of sp³-hybridized carbons (Fsp3) is 0.217. The van der Waals surface area contributed by atoms with Crippen molar-refractivity contribution in [1.29, 1.82) is 0 Å². The third-order valence-corrected chi connectivity index (χ3v) is 5.01. The zero-order valence-electron chi connectivity index (χ0n) is 17.0. The summed E-state index contributed by atoms with van der Waals surface area (Å²) in [6, 6.07) is 16.9. The van der Waals surface area contributed by atoms with Gasteiger partial charge in [0.15, 0.2) is 0 Å². The minimum atomic E-state index is -4.68. The molecule has 5 nitrogen and oxygen atoms in total. The van der Waals surface area contributed by atoms with Crippen LogP contribution >= 0.6 is 0 Å². The number of aryl methyl sites for hydroxylation is 2. The number of para-hydroxylation sites is 1. The van der Waals surface area contributed by atoms with Gasteiger partial charge in [-0.1, -0.05) is 35.9 Å². The molecular formula is C23H20F3N3O2. The molecule has 0 bridgehead atoms. The van der Waals surface area contributed by atoms with Gasteiger partial charge in [-0.25, -0.2) is 4.68 Å². The third-order valence-electron chi connectivity index (χ3n) is 5.01. The van der Waals surface area contributed by atoms with Crippen LogP contribution in [0.1, 0.15) is 16.8 Å². The van der Waals surface area contributed by atoms with Crippen molar-refractivity contribution in [1.82, 2.24) is 14.3 Å². The standard InChI is InChI=1S/C23H20F3N3O2/c1-15-8-10-17(11-9-15)29-22-21(16(2)27-29)19(23(24,25)26)14-20(30)28(22)12-13-31-18-6-4-3-5-7-18/h3-11,14H,12-13H2,1-2H3. The lowest BCUT2D eigenvalue weighted by Gasteiger charge is -2.15. The molecule has 0 aliphatic rings. The van der Waals surface area contributed by atoms with Crippen molar-refractivity contribution < 1.29 is 17.9 Å². The predicted molar refractivity (Wildman–Crippen MR) is 112 cm³/mol. The van der Waals surface area contributed by atoms with Crippen LogP contribution < -0.4 is 10.3 Å². The summed E-state index contributed by atoms with van der Waals surface area (Å²) >= 11 is 0. The Balaban J connectivity index is 1.87. The average molecular weight is 427 g/mol. The molecule has 2 aromatic heterocycles. The number of pyridine rings is 1. The molecule has 0 atom stereocenters. The van der Waals surface area contributed by atoms with Crippen molar-refractivity contribution in [3.63, 3.8) is 0 Å². The molecule has 0 N–H and O–H groups in total. The van der Waals surface area contributed by atoms with Crippen molar-refractivity contribution in [3.05, 3.63) is 87.8 Å². The summed E-state index contributed by atoms with van der Waals surface area (Å²) in [6.45, 7) is 3.61. The summed E-state index contributed by atoms with van der Waals surface area (Å²) < 4.78 is 49.6. The molecule has 4 aromatic rings. The lowest BCUT2D eigenvalue weighted by atomic mass is 10.1. The number of benzene rings is 2. The Morgan fingerprint density at radius 1 is 1.00 bits per heavy atom. The number of aromatic nitrogens is 3. The molecule has 31 heavy (non-hydrogen) atoms.